The summed E-state index contributed by atoms with van der Waals surface area (Å²) in [6, 6.07) is 12.2. The lowest BCUT2D eigenvalue weighted by molar-refractivity contribution is -0.384. The van der Waals surface area contributed by atoms with Gasteiger partial charge in [-0.25, -0.2) is 0 Å². The Morgan fingerprint density at radius 1 is 1.29 bits per heavy atom. The topological polar surface area (TPSA) is 90.4 Å². The first-order valence-electron chi connectivity index (χ1n) is 6.56. The molecule has 0 atom stereocenters. The van der Waals surface area contributed by atoms with Crippen LogP contribution in [0.1, 0.15) is 5.56 Å². The van der Waals surface area contributed by atoms with Crippen LogP contribution >= 0.6 is 0 Å². The molecule has 3 N–H and O–H groups in total. The number of benzene rings is 2. The lowest BCUT2D eigenvalue weighted by Gasteiger charge is -2.11. The van der Waals surface area contributed by atoms with E-state index in [1.165, 1.54) is 6.07 Å². The van der Waals surface area contributed by atoms with Crippen molar-refractivity contribution in [3.05, 3.63) is 58.1 Å². The number of nitrogens with two attached hydrogens (primary N) is 1. The molecule has 2 aromatic carbocycles. The molecule has 0 bridgehead atoms. The summed E-state index contributed by atoms with van der Waals surface area (Å²) in [5.41, 5.74) is 7.45. The fourth-order valence-electron chi connectivity index (χ4n) is 1.95. The van der Waals surface area contributed by atoms with Gasteiger partial charge in [-0.3, -0.25) is 10.1 Å². The highest BCUT2D eigenvalue weighted by Crippen LogP contribution is 2.31. The molecule has 0 unspecified atom stereocenters. The third kappa shape index (κ3) is 3.70. The van der Waals surface area contributed by atoms with Crippen molar-refractivity contribution in [3.63, 3.8) is 0 Å². The molecule has 0 aromatic heterocycles. The molecule has 0 fully saturated rings. The Hall–Kier alpha value is -2.60. The van der Waals surface area contributed by atoms with Crippen molar-refractivity contribution < 1.29 is 9.66 Å². The summed E-state index contributed by atoms with van der Waals surface area (Å²) in [6.45, 7) is 2.68. The molecule has 6 nitrogen and oxygen atoms in total. The summed E-state index contributed by atoms with van der Waals surface area (Å²) >= 11 is 0. The van der Waals surface area contributed by atoms with E-state index in [9.17, 15) is 10.1 Å². The first-order chi connectivity index (χ1) is 10.1. The molecule has 0 saturated heterocycles. The van der Waals surface area contributed by atoms with Crippen LogP contribution in [0.3, 0.4) is 0 Å². The summed E-state index contributed by atoms with van der Waals surface area (Å²) < 4.78 is 5.44. The van der Waals surface area contributed by atoms with Crippen LogP contribution in [0.25, 0.3) is 0 Å². The van der Waals surface area contributed by atoms with E-state index in [0.717, 1.165) is 11.3 Å². The molecular formula is C15H17N3O3. The number of nitrogens with one attached hydrogen (secondary N) is 1. The predicted molar refractivity (Wildman–Crippen MR) is 82.1 cm³/mol. The van der Waals surface area contributed by atoms with Crippen molar-refractivity contribution in [3.8, 4) is 5.75 Å². The van der Waals surface area contributed by atoms with E-state index in [1.807, 2.05) is 31.2 Å². The van der Waals surface area contributed by atoms with Crippen molar-refractivity contribution in [1.29, 1.82) is 0 Å². The van der Waals surface area contributed by atoms with Gasteiger partial charge in [0.15, 0.2) is 0 Å². The molecule has 0 radical (unpaired) electrons. The van der Waals surface area contributed by atoms with Crippen molar-refractivity contribution in [2.75, 3.05) is 18.5 Å². The van der Waals surface area contributed by atoms with Gasteiger partial charge < -0.3 is 15.8 Å². The fourth-order valence-corrected chi connectivity index (χ4v) is 1.95. The monoisotopic (exact) mass is 287 g/mol. The second-order valence-electron chi connectivity index (χ2n) is 4.52. The van der Waals surface area contributed by atoms with Crippen LogP contribution in [-0.4, -0.2) is 18.1 Å². The molecule has 0 spiro atoms. The van der Waals surface area contributed by atoms with Gasteiger partial charge in [0.2, 0.25) is 0 Å². The highest BCUT2D eigenvalue weighted by Gasteiger charge is 2.15. The van der Waals surface area contributed by atoms with Gasteiger partial charge in [0.05, 0.1) is 4.92 Å². The van der Waals surface area contributed by atoms with Crippen LogP contribution < -0.4 is 15.8 Å². The minimum atomic E-state index is -0.399. The molecule has 0 aliphatic heterocycles. The van der Waals surface area contributed by atoms with Crippen molar-refractivity contribution in [1.82, 2.24) is 0 Å². The Morgan fingerprint density at radius 2 is 2.05 bits per heavy atom. The van der Waals surface area contributed by atoms with E-state index in [2.05, 4.69) is 5.32 Å². The SMILES string of the molecule is Cc1cccc([N+](=O)[O-])c1Nc1cccc(OCCN)c1. The third-order valence-electron chi connectivity index (χ3n) is 2.94. The highest BCUT2D eigenvalue weighted by atomic mass is 16.6. The van der Waals surface area contributed by atoms with E-state index < -0.39 is 4.92 Å². The lowest BCUT2D eigenvalue weighted by atomic mass is 10.1. The molecule has 6 heteroatoms. The molecule has 0 saturated carbocycles. The van der Waals surface area contributed by atoms with E-state index in [0.29, 0.717) is 24.6 Å². The number of nitrogens with zero attached hydrogens (tertiary/aromatic N) is 1. The first-order valence-corrected chi connectivity index (χ1v) is 6.56. The predicted octanol–water partition coefficient (Wildman–Crippen LogP) is 2.98. The van der Waals surface area contributed by atoms with Crippen molar-refractivity contribution >= 4 is 17.1 Å². The van der Waals surface area contributed by atoms with Crippen LogP contribution in [0.15, 0.2) is 42.5 Å². The molecule has 110 valence electrons. The van der Waals surface area contributed by atoms with Crippen LogP contribution in [0.5, 0.6) is 5.75 Å². The van der Waals surface area contributed by atoms with Crippen LogP contribution in [0.4, 0.5) is 17.1 Å². The second-order valence-corrected chi connectivity index (χ2v) is 4.52. The summed E-state index contributed by atoms with van der Waals surface area (Å²) in [5, 5.41) is 14.2. The lowest BCUT2D eigenvalue weighted by Crippen LogP contribution is -2.10. The molecule has 2 aromatic rings. The van der Waals surface area contributed by atoms with Crippen LogP contribution in [-0.2, 0) is 0 Å². The number of hydrogen-bond acceptors (Lipinski definition) is 5. The average molecular weight is 287 g/mol. The van der Waals surface area contributed by atoms with Gasteiger partial charge in [0.25, 0.3) is 5.69 Å². The number of nitro benzene ring substituents is 1. The standard InChI is InChI=1S/C15H17N3O3/c1-11-4-2-7-14(18(19)20)15(11)17-12-5-3-6-13(10-12)21-9-8-16/h2-7,10,17H,8-9,16H2,1H3. The van der Waals surface area contributed by atoms with Gasteiger partial charge in [0, 0.05) is 24.4 Å². The number of rotatable bonds is 6. The smallest absolute Gasteiger partial charge is 0.292 e. The third-order valence-corrected chi connectivity index (χ3v) is 2.94. The molecule has 2 rings (SSSR count). The number of hydrogen-bond donors (Lipinski definition) is 2. The Kier molecular flexibility index (Phi) is 4.73. The van der Waals surface area contributed by atoms with Gasteiger partial charge in [0.1, 0.15) is 18.0 Å². The Morgan fingerprint density at radius 3 is 2.76 bits per heavy atom. The van der Waals surface area contributed by atoms with E-state index in [1.54, 1.807) is 12.1 Å². The van der Waals surface area contributed by atoms with Gasteiger partial charge in [-0.1, -0.05) is 18.2 Å². The Labute approximate surface area is 122 Å². The molecule has 0 aliphatic rings. The fraction of sp³-hybridized carbons (Fsp3) is 0.200. The van der Waals surface area contributed by atoms with E-state index in [4.69, 9.17) is 10.5 Å². The minimum Gasteiger partial charge on any atom is -0.492 e. The Balaban J connectivity index is 2.28. The second kappa shape index (κ2) is 6.71. The summed E-state index contributed by atoms with van der Waals surface area (Å²) in [5.74, 6) is 0.668. The first kappa shape index (κ1) is 14.8. The average Bonchev–Trinajstić information content (AvgIpc) is 2.47. The molecule has 0 amide bonds. The quantitative estimate of drug-likeness (QED) is 0.629. The molecule has 0 aliphatic carbocycles. The number of para-hydroxylation sites is 1. The molecule has 21 heavy (non-hydrogen) atoms. The minimum absolute atomic E-state index is 0.0447. The maximum absolute atomic E-state index is 11.1. The van der Waals surface area contributed by atoms with Gasteiger partial charge >= 0.3 is 0 Å². The number of ether oxygens (including phenoxy) is 1. The maximum Gasteiger partial charge on any atom is 0.292 e. The maximum atomic E-state index is 11.1. The number of anilines is 2. The zero-order valence-corrected chi connectivity index (χ0v) is 11.7. The largest absolute Gasteiger partial charge is 0.492 e. The van der Waals surface area contributed by atoms with Gasteiger partial charge in [-0.2, -0.15) is 0 Å². The number of aryl methyl sites for hydroxylation is 1. The normalized spacial score (nSPS) is 10.2. The van der Waals surface area contributed by atoms with Crippen molar-refractivity contribution in [2.45, 2.75) is 6.92 Å². The Bertz CT molecular complexity index is 644. The number of nitro groups is 1. The molecular weight excluding hydrogens is 270 g/mol. The summed E-state index contributed by atoms with van der Waals surface area (Å²) in [6.07, 6.45) is 0. The van der Waals surface area contributed by atoms with Gasteiger partial charge in [-0.15, -0.1) is 0 Å². The van der Waals surface area contributed by atoms with E-state index >= 15 is 0 Å². The van der Waals surface area contributed by atoms with E-state index in [-0.39, 0.29) is 5.69 Å². The van der Waals surface area contributed by atoms with Crippen molar-refractivity contribution in [2.24, 2.45) is 5.73 Å². The summed E-state index contributed by atoms with van der Waals surface area (Å²) in [4.78, 5) is 10.7. The zero-order valence-electron chi connectivity index (χ0n) is 11.7. The summed E-state index contributed by atoms with van der Waals surface area (Å²) in [7, 11) is 0. The molecule has 0 heterocycles. The highest BCUT2D eigenvalue weighted by molar-refractivity contribution is 5.73. The van der Waals surface area contributed by atoms with Crippen LogP contribution in [0, 0.1) is 17.0 Å². The van der Waals surface area contributed by atoms with Crippen LogP contribution in [0.2, 0.25) is 0 Å². The van der Waals surface area contributed by atoms with Gasteiger partial charge in [-0.05, 0) is 24.6 Å². The zero-order chi connectivity index (χ0) is 15.2.